The number of rotatable bonds is 6. The molecule has 0 saturated carbocycles. The Balaban J connectivity index is 1.23. The van der Waals surface area contributed by atoms with E-state index in [-0.39, 0.29) is 23.2 Å². The first kappa shape index (κ1) is 27.4. The Kier molecular flexibility index (Phi) is 8.32. The minimum atomic E-state index is -0.489. The number of thioether (sulfide) groups is 2. The first-order chi connectivity index (χ1) is 20.0. The predicted octanol–water partition coefficient (Wildman–Crippen LogP) is 8.93. The van der Waals surface area contributed by atoms with Gasteiger partial charge < -0.3 is 10.6 Å². The second-order valence-corrected chi connectivity index (χ2v) is 12.9. The molecule has 0 fully saturated rings. The van der Waals surface area contributed by atoms with Crippen molar-refractivity contribution in [3.63, 3.8) is 0 Å². The Morgan fingerprint density at radius 1 is 0.805 bits per heavy atom. The highest BCUT2D eigenvalue weighted by Crippen LogP contribution is 2.44. The van der Waals surface area contributed by atoms with Crippen LogP contribution in [0.1, 0.15) is 10.8 Å². The van der Waals surface area contributed by atoms with Gasteiger partial charge in [-0.2, -0.15) is 0 Å². The molecule has 4 aromatic rings. The van der Waals surface area contributed by atoms with Gasteiger partial charge in [-0.25, -0.2) is 4.79 Å². The number of nitrogens with one attached hydrogen (secondary N) is 2. The van der Waals surface area contributed by atoms with Crippen molar-refractivity contribution in [3.05, 3.63) is 137 Å². The molecule has 0 spiro atoms. The van der Waals surface area contributed by atoms with Crippen LogP contribution in [0.15, 0.2) is 142 Å². The number of benzene rings is 4. The van der Waals surface area contributed by atoms with E-state index in [9.17, 15) is 9.59 Å². The molecule has 3 amide bonds. The summed E-state index contributed by atoms with van der Waals surface area (Å²) < 4.78 is 0.946. The lowest BCUT2D eigenvalue weighted by Gasteiger charge is -2.40. The van der Waals surface area contributed by atoms with E-state index in [0.29, 0.717) is 5.69 Å². The average Bonchev–Trinajstić information content (AvgIpc) is 3.00. The van der Waals surface area contributed by atoms with E-state index in [1.165, 1.54) is 11.8 Å². The maximum atomic E-state index is 13.7. The van der Waals surface area contributed by atoms with Crippen LogP contribution in [-0.2, 0) is 4.79 Å². The molecule has 6 rings (SSSR count). The number of anilines is 3. The van der Waals surface area contributed by atoms with Gasteiger partial charge in [0.05, 0.1) is 17.0 Å². The van der Waals surface area contributed by atoms with Gasteiger partial charge in [0.25, 0.3) is 0 Å². The van der Waals surface area contributed by atoms with Gasteiger partial charge in [0.1, 0.15) is 5.25 Å². The van der Waals surface area contributed by atoms with Crippen molar-refractivity contribution in [2.45, 2.75) is 26.3 Å². The van der Waals surface area contributed by atoms with Crippen molar-refractivity contribution in [1.82, 2.24) is 0 Å². The summed E-state index contributed by atoms with van der Waals surface area (Å²) in [4.78, 5) is 31.0. The molecule has 0 radical (unpaired) electrons. The first-order valence-corrected chi connectivity index (χ1v) is 15.7. The number of fused-ring (bicyclic) bond motifs is 2. The quantitative estimate of drug-likeness (QED) is 0.207. The maximum Gasteiger partial charge on any atom is 0.326 e. The molecule has 0 saturated heterocycles. The Bertz CT molecular complexity index is 1630. The van der Waals surface area contributed by atoms with Gasteiger partial charge in [0.15, 0.2) is 0 Å². The zero-order valence-electron chi connectivity index (χ0n) is 21.8. The number of allylic oxidation sites excluding steroid dienone is 2. The number of hydrogen-bond acceptors (Lipinski definition) is 4. The Morgan fingerprint density at radius 3 is 2.39 bits per heavy atom. The third-order valence-electron chi connectivity index (χ3n) is 6.75. The van der Waals surface area contributed by atoms with Gasteiger partial charge in [-0.3, -0.25) is 9.69 Å². The molecule has 2 aliphatic rings. The van der Waals surface area contributed by atoms with Crippen LogP contribution in [-0.4, -0.2) is 23.2 Å². The molecule has 41 heavy (non-hydrogen) atoms. The molecule has 1 aliphatic carbocycles. The number of hydrogen-bond donors (Lipinski definition) is 2. The molecule has 204 valence electrons. The fourth-order valence-electron chi connectivity index (χ4n) is 4.83. The topological polar surface area (TPSA) is 61.4 Å². The molecule has 8 heteroatoms. The number of carbonyl (C=O) groups excluding carboxylic acids is 2. The Morgan fingerprint density at radius 2 is 1.56 bits per heavy atom. The predicted molar refractivity (Wildman–Crippen MR) is 174 cm³/mol. The Hall–Kier alpha value is -3.72. The molecular formula is C33H26BrN3O2S2. The normalized spacial score (nSPS) is 17.7. The Labute approximate surface area is 256 Å². The molecule has 1 heterocycles. The van der Waals surface area contributed by atoms with Crippen LogP contribution in [0.2, 0.25) is 0 Å². The third kappa shape index (κ3) is 6.30. The number of amides is 3. The van der Waals surface area contributed by atoms with Gasteiger partial charge in [0, 0.05) is 25.6 Å². The summed E-state index contributed by atoms with van der Waals surface area (Å²) in [5, 5.41) is 5.82. The van der Waals surface area contributed by atoms with Crippen LogP contribution in [0, 0.1) is 0 Å². The van der Waals surface area contributed by atoms with Gasteiger partial charge in [0.2, 0.25) is 5.91 Å². The standard InChI is InChI=1S/C33H26BrN3O2S2/c34-23-17-19-24(20-18-23)35-32(38)31(22-9-2-1-3-10-22)40-26-12-8-11-25(21-26)36-33(39)37-27-13-4-6-15-29(27)41-30-16-7-5-14-28(30)37/h1-21,27,29,31H,(H,35,38)(H,36,39). The molecule has 2 N–H and O–H groups in total. The van der Waals surface area contributed by atoms with Crippen LogP contribution in [0.5, 0.6) is 0 Å². The van der Waals surface area contributed by atoms with Crippen LogP contribution in [0.3, 0.4) is 0 Å². The highest BCUT2D eigenvalue weighted by Gasteiger charge is 2.36. The minimum absolute atomic E-state index is 0.0813. The summed E-state index contributed by atoms with van der Waals surface area (Å²) >= 11 is 6.66. The molecule has 5 nitrogen and oxygen atoms in total. The summed E-state index contributed by atoms with van der Waals surface area (Å²) in [5.41, 5.74) is 3.19. The fourth-order valence-corrected chi connectivity index (χ4v) is 7.44. The summed E-state index contributed by atoms with van der Waals surface area (Å²) in [6.07, 6.45) is 8.25. The lowest BCUT2D eigenvalue weighted by atomic mass is 10.1. The van der Waals surface area contributed by atoms with Gasteiger partial charge >= 0.3 is 6.03 Å². The zero-order valence-corrected chi connectivity index (χ0v) is 25.0. The molecule has 0 aromatic heterocycles. The van der Waals surface area contributed by atoms with Gasteiger partial charge in [-0.1, -0.05) is 88.8 Å². The van der Waals surface area contributed by atoms with Crippen LogP contribution in [0.4, 0.5) is 21.9 Å². The largest absolute Gasteiger partial charge is 0.326 e. The van der Waals surface area contributed by atoms with E-state index < -0.39 is 5.25 Å². The lowest BCUT2D eigenvalue weighted by molar-refractivity contribution is -0.115. The maximum absolute atomic E-state index is 13.7. The number of urea groups is 1. The van der Waals surface area contributed by atoms with E-state index in [1.807, 2.05) is 114 Å². The van der Waals surface area contributed by atoms with Gasteiger partial charge in [-0.05, 0) is 60.2 Å². The van der Waals surface area contributed by atoms with E-state index in [1.54, 1.807) is 11.8 Å². The zero-order chi connectivity index (χ0) is 28.2. The molecule has 3 atom stereocenters. The van der Waals surface area contributed by atoms with Crippen molar-refractivity contribution >= 4 is 68.5 Å². The number of para-hydroxylation sites is 1. The van der Waals surface area contributed by atoms with Crippen molar-refractivity contribution in [3.8, 4) is 0 Å². The molecule has 3 unspecified atom stereocenters. The highest BCUT2D eigenvalue weighted by molar-refractivity contribution is 9.10. The monoisotopic (exact) mass is 639 g/mol. The molecular weight excluding hydrogens is 614 g/mol. The summed E-state index contributed by atoms with van der Waals surface area (Å²) in [6, 6.07) is 32.6. The van der Waals surface area contributed by atoms with Crippen molar-refractivity contribution in [2.24, 2.45) is 0 Å². The lowest BCUT2D eigenvalue weighted by Crippen LogP contribution is -2.49. The summed E-state index contributed by atoms with van der Waals surface area (Å²) in [6.45, 7) is 0. The second kappa shape index (κ2) is 12.4. The van der Waals surface area contributed by atoms with Crippen molar-refractivity contribution in [1.29, 1.82) is 0 Å². The number of halogens is 1. The number of nitrogens with zero attached hydrogens (tertiary/aromatic N) is 1. The molecule has 0 bridgehead atoms. The summed E-state index contributed by atoms with van der Waals surface area (Å²) in [7, 11) is 0. The van der Waals surface area contributed by atoms with E-state index in [2.05, 4.69) is 44.8 Å². The van der Waals surface area contributed by atoms with Crippen LogP contribution in [0.25, 0.3) is 0 Å². The first-order valence-electron chi connectivity index (χ1n) is 13.1. The second-order valence-electron chi connectivity index (χ2n) is 9.54. The number of carbonyl (C=O) groups is 2. The fraction of sp³-hybridized carbons (Fsp3) is 0.0909. The van der Waals surface area contributed by atoms with E-state index in [0.717, 1.165) is 31.2 Å². The van der Waals surface area contributed by atoms with E-state index >= 15 is 0 Å². The molecule has 1 aliphatic heterocycles. The van der Waals surface area contributed by atoms with Crippen LogP contribution >= 0.6 is 39.5 Å². The van der Waals surface area contributed by atoms with Crippen molar-refractivity contribution in [2.75, 3.05) is 15.5 Å². The highest BCUT2D eigenvalue weighted by atomic mass is 79.9. The average molecular weight is 641 g/mol. The minimum Gasteiger partial charge on any atom is -0.325 e. The summed E-state index contributed by atoms with van der Waals surface area (Å²) in [5.74, 6) is -0.122. The SMILES string of the molecule is O=C(Nc1ccc(Br)cc1)C(Sc1cccc(NC(=O)N2c3ccccc3SC3C=CC=CC32)c1)c1ccccc1. The van der Waals surface area contributed by atoms with Crippen molar-refractivity contribution < 1.29 is 9.59 Å². The third-order valence-corrected chi connectivity index (χ3v) is 9.84. The molecule has 4 aromatic carbocycles. The van der Waals surface area contributed by atoms with Gasteiger partial charge in [-0.15, -0.1) is 23.5 Å². The smallest absolute Gasteiger partial charge is 0.325 e. The van der Waals surface area contributed by atoms with E-state index in [4.69, 9.17) is 0 Å². The van der Waals surface area contributed by atoms with Crippen LogP contribution < -0.4 is 15.5 Å².